The molecular formula is C71H70N3OPt-. The molecule has 0 saturated carbocycles. The van der Waals surface area contributed by atoms with Crippen LogP contribution in [0.3, 0.4) is 0 Å². The molecule has 0 aliphatic rings. The van der Waals surface area contributed by atoms with Crippen molar-refractivity contribution < 1.29 is 26.2 Å². The van der Waals surface area contributed by atoms with Crippen LogP contribution in [0.1, 0.15) is 111 Å². The van der Waals surface area contributed by atoms with E-state index in [-0.39, 0.29) is 48.5 Å². The van der Waals surface area contributed by atoms with E-state index >= 15 is 0 Å². The molecule has 0 aliphatic carbocycles. The summed E-state index contributed by atoms with van der Waals surface area (Å²) in [5.74, 6) is 0.919. The summed E-state index contributed by atoms with van der Waals surface area (Å²) in [6.45, 7) is 29.0. The molecule has 76 heavy (non-hydrogen) atoms. The zero-order valence-corrected chi connectivity index (χ0v) is 48.7. The van der Waals surface area contributed by atoms with Crippen LogP contribution in [0.25, 0.3) is 95.0 Å². The summed E-state index contributed by atoms with van der Waals surface area (Å²) in [4.78, 5) is 10.7. The second-order valence-electron chi connectivity index (χ2n) is 24.5. The first-order chi connectivity index (χ1) is 35.5. The van der Waals surface area contributed by atoms with Gasteiger partial charge in [-0.1, -0.05) is 233 Å². The Kier molecular flexibility index (Phi) is 14.4. The molecule has 0 bridgehead atoms. The molecule has 1 N–H and O–H groups in total. The second-order valence-corrected chi connectivity index (χ2v) is 24.5. The number of phenols is 1. The molecule has 386 valence electrons. The number of pyridine rings is 1. The van der Waals surface area contributed by atoms with Gasteiger partial charge in [-0.15, -0.1) is 23.8 Å². The van der Waals surface area contributed by atoms with Crippen LogP contribution in [0.5, 0.6) is 5.75 Å². The predicted molar refractivity (Wildman–Crippen MR) is 317 cm³/mol. The maximum absolute atomic E-state index is 12.7. The van der Waals surface area contributed by atoms with Crippen molar-refractivity contribution in [2.24, 2.45) is 0 Å². The van der Waals surface area contributed by atoms with Gasteiger partial charge in [0.1, 0.15) is 11.6 Å². The van der Waals surface area contributed by atoms with Crippen LogP contribution in [0, 0.1) is 13.0 Å². The Morgan fingerprint density at radius 3 is 1.67 bits per heavy atom. The van der Waals surface area contributed by atoms with Crippen molar-refractivity contribution in [2.75, 3.05) is 0 Å². The van der Waals surface area contributed by atoms with Crippen molar-refractivity contribution in [3.8, 4) is 89.7 Å². The van der Waals surface area contributed by atoms with Crippen LogP contribution in [-0.2, 0) is 42.7 Å². The van der Waals surface area contributed by atoms with Gasteiger partial charge in [0, 0.05) is 38.5 Å². The second kappa shape index (κ2) is 20.4. The van der Waals surface area contributed by atoms with Gasteiger partial charge in [0.05, 0.1) is 22.3 Å². The maximum atomic E-state index is 12.7. The first kappa shape index (κ1) is 53.7. The molecule has 2 aromatic heterocycles. The van der Waals surface area contributed by atoms with Crippen LogP contribution < -0.4 is 0 Å². The number of fused-ring (bicyclic) bond motifs is 1. The molecule has 0 radical (unpaired) electrons. The van der Waals surface area contributed by atoms with E-state index < -0.39 is 0 Å². The molecule has 0 spiro atoms. The molecule has 0 aliphatic heterocycles. The van der Waals surface area contributed by atoms with Gasteiger partial charge in [-0.25, -0.2) is 4.98 Å². The number of para-hydroxylation sites is 1. The third kappa shape index (κ3) is 10.5. The van der Waals surface area contributed by atoms with E-state index in [1.54, 1.807) is 0 Å². The number of phenolic OH excluding ortho intramolecular Hbond substituents is 1. The zero-order chi connectivity index (χ0) is 53.2. The van der Waals surface area contributed by atoms with E-state index in [1.165, 1.54) is 27.8 Å². The summed E-state index contributed by atoms with van der Waals surface area (Å²) in [6, 6.07) is 67.1. The third-order valence-electron chi connectivity index (χ3n) is 14.8. The number of rotatable bonds is 8. The fraction of sp³-hybridized carbons (Fsp3) is 0.239. The molecule has 0 amide bonds. The molecule has 0 unspecified atom stereocenters. The van der Waals surface area contributed by atoms with Crippen LogP contribution in [0.2, 0.25) is 0 Å². The van der Waals surface area contributed by atoms with E-state index in [2.05, 4.69) is 277 Å². The first-order valence-electron chi connectivity index (χ1n) is 26.5. The van der Waals surface area contributed by atoms with E-state index in [4.69, 9.17) is 9.97 Å². The van der Waals surface area contributed by atoms with Crippen LogP contribution in [-0.4, -0.2) is 19.6 Å². The van der Waals surface area contributed by atoms with Gasteiger partial charge in [-0.3, -0.25) is 9.55 Å². The summed E-state index contributed by atoms with van der Waals surface area (Å²) >= 11 is 0. The van der Waals surface area contributed by atoms with Crippen LogP contribution in [0.15, 0.2) is 182 Å². The van der Waals surface area contributed by atoms with Crippen molar-refractivity contribution in [1.82, 2.24) is 14.5 Å². The standard InChI is InChI=1S/C71H70N3O.Pt/c1-45-38-50(64-56(48-24-18-15-19-25-48)26-20-28-59(64)70(8,9)10)32-35-62(45)74-63-29-21-27-57(65(63)73-67(74)58-43-55(69(5,6)7)44-60(66(58)75)71(11,12)13)52-39-51(46-22-16-14-17-23-46)40-53(41-52)61-42-49(36-37-72-61)47-30-33-54(34-31-47)68(2,3)4;/h14-40,42-44,75H,1-13H3;/q-1;. The minimum absolute atomic E-state index is 0. The topological polar surface area (TPSA) is 50.9 Å². The first-order valence-corrected chi connectivity index (χ1v) is 26.5. The van der Waals surface area contributed by atoms with E-state index in [9.17, 15) is 5.11 Å². The van der Waals surface area contributed by atoms with Gasteiger partial charge < -0.3 is 5.11 Å². The van der Waals surface area contributed by atoms with Crippen molar-refractivity contribution in [2.45, 2.75) is 112 Å². The summed E-state index contributed by atoms with van der Waals surface area (Å²) in [5.41, 5.74) is 21.2. The zero-order valence-electron chi connectivity index (χ0n) is 46.4. The Hall–Kier alpha value is -7.13. The number of nitrogens with zero attached hydrogens (tertiary/aromatic N) is 3. The smallest absolute Gasteiger partial charge is 0.148 e. The average molecular weight is 1180 g/mol. The summed E-state index contributed by atoms with van der Waals surface area (Å²) in [5, 5.41) is 12.7. The molecule has 0 fully saturated rings. The molecule has 0 saturated heterocycles. The fourth-order valence-electron chi connectivity index (χ4n) is 10.5. The fourth-order valence-corrected chi connectivity index (χ4v) is 10.5. The van der Waals surface area contributed by atoms with E-state index in [1.807, 2.05) is 6.20 Å². The summed E-state index contributed by atoms with van der Waals surface area (Å²) in [7, 11) is 0. The van der Waals surface area contributed by atoms with Gasteiger partial charge >= 0.3 is 0 Å². The molecule has 2 heterocycles. The van der Waals surface area contributed by atoms with Crippen molar-refractivity contribution in [3.05, 3.63) is 216 Å². The van der Waals surface area contributed by atoms with Gasteiger partial charge in [0.2, 0.25) is 0 Å². The molecule has 4 nitrogen and oxygen atoms in total. The molecular weight excluding hydrogens is 1110 g/mol. The number of hydrogen-bond donors (Lipinski definition) is 1. The summed E-state index contributed by atoms with van der Waals surface area (Å²) < 4.78 is 2.28. The Labute approximate surface area is 466 Å². The third-order valence-corrected chi connectivity index (χ3v) is 14.8. The number of hydrogen-bond acceptors (Lipinski definition) is 3. The van der Waals surface area contributed by atoms with Crippen LogP contribution in [0.4, 0.5) is 0 Å². The van der Waals surface area contributed by atoms with Crippen LogP contribution >= 0.6 is 0 Å². The number of imidazole rings is 1. The number of aryl methyl sites for hydroxylation is 1. The average Bonchev–Trinajstić information content (AvgIpc) is 3.77. The van der Waals surface area contributed by atoms with E-state index in [0.717, 1.165) is 83.6 Å². The van der Waals surface area contributed by atoms with Crippen molar-refractivity contribution >= 4 is 11.0 Å². The van der Waals surface area contributed by atoms with Gasteiger partial charge in [0.25, 0.3) is 0 Å². The van der Waals surface area contributed by atoms with Crippen molar-refractivity contribution in [1.29, 1.82) is 0 Å². The molecule has 10 rings (SSSR count). The quantitative estimate of drug-likeness (QED) is 0.154. The molecule has 10 aromatic rings. The monoisotopic (exact) mass is 1180 g/mol. The molecule has 5 heteroatoms. The Morgan fingerprint density at radius 2 is 1.04 bits per heavy atom. The Morgan fingerprint density at radius 1 is 0.447 bits per heavy atom. The molecule has 8 aromatic carbocycles. The number of benzene rings is 8. The summed E-state index contributed by atoms with van der Waals surface area (Å²) in [6.07, 6.45) is 1.90. The maximum Gasteiger partial charge on any atom is 0.148 e. The predicted octanol–water partition coefficient (Wildman–Crippen LogP) is 19.1. The Bertz CT molecular complexity index is 3750. The molecule has 0 atom stereocenters. The van der Waals surface area contributed by atoms with Gasteiger partial charge in [-0.05, 0) is 120 Å². The SMILES string of the molecule is Cc1cc(-c2c(-c3ccccc3)cccc2C(C)(C)C)ccc1-n1c(-c2cc(C(C)(C)C)cc(C(C)(C)C)c2O)nc2c(-c3[c-]c(-c4cc(-c5ccc(C(C)(C)C)cc5)ccn4)cc(-c4ccccc4)c3)cccc21.[Pt]. The minimum Gasteiger partial charge on any atom is -0.507 e. The minimum atomic E-state index is -0.346. The largest absolute Gasteiger partial charge is 0.507 e. The van der Waals surface area contributed by atoms with Crippen molar-refractivity contribution in [3.63, 3.8) is 0 Å². The van der Waals surface area contributed by atoms with Gasteiger partial charge in [0.15, 0.2) is 0 Å². The number of aromatic nitrogens is 3. The Balaban J connectivity index is 0.00000706. The van der Waals surface area contributed by atoms with E-state index in [0.29, 0.717) is 11.4 Å². The van der Waals surface area contributed by atoms with Gasteiger partial charge in [-0.2, -0.15) is 0 Å². The normalized spacial score (nSPS) is 12.2. The number of aromatic hydroxyl groups is 1.